The summed E-state index contributed by atoms with van der Waals surface area (Å²) in [7, 11) is 0. The highest BCUT2D eigenvalue weighted by Gasteiger charge is 2.56. The number of hydrogen-bond donors (Lipinski definition) is 6. The van der Waals surface area contributed by atoms with Crippen molar-refractivity contribution in [2.75, 3.05) is 13.2 Å². The molecule has 1 saturated heterocycles. The molecule has 1 fully saturated rings. The van der Waals surface area contributed by atoms with Crippen LogP contribution in [0.15, 0.2) is 36.4 Å². The molecule has 2 aliphatic heterocycles. The number of aromatic hydroxyl groups is 2. The number of fused-ring (bicyclic) bond motifs is 1. The molecule has 5 atom stereocenters. The van der Waals surface area contributed by atoms with Crippen molar-refractivity contribution in [2.24, 2.45) is 0 Å². The molecule has 0 saturated carbocycles. The Balaban J connectivity index is 1.65. The molecule has 0 aliphatic carbocycles. The molecule has 10 nitrogen and oxygen atoms in total. The smallest absolute Gasteiger partial charge is 0.263 e. The van der Waals surface area contributed by atoms with E-state index in [1.807, 2.05) is 0 Å². The van der Waals surface area contributed by atoms with Crippen LogP contribution in [0.3, 0.4) is 0 Å². The summed E-state index contributed by atoms with van der Waals surface area (Å²) < 4.78 is 16.8. The minimum Gasteiger partial charge on any atom is -0.508 e. The predicted molar refractivity (Wildman–Crippen MR) is 103 cm³/mol. The van der Waals surface area contributed by atoms with Crippen LogP contribution >= 0.6 is 0 Å². The van der Waals surface area contributed by atoms with Gasteiger partial charge in [0, 0.05) is 12.1 Å². The second-order valence-corrected chi connectivity index (χ2v) is 7.49. The summed E-state index contributed by atoms with van der Waals surface area (Å²) in [6.07, 6.45) is -5.10. The summed E-state index contributed by atoms with van der Waals surface area (Å²) in [6.45, 7) is -1.49. The Labute approximate surface area is 176 Å². The van der Waals surface area contributed by atoms with Gasteiger partial charge in [0.2, 0.25) is 0 Å². The molecule has 0 spiro atoms. The van der Waals surface area contributed by atoms with Crippen LogP contribution in [0.25, 0.3) is 0 Å². The maximum absolute atomic E-state index is 12.6. The van der Waals surface area contributed by atoms with Crippen molar-refractivity contribution in [3.05, 3.63) is 47.5 Å². The van der Waals surface area contributed by atoms with Gasteiger partial charge in [-0.25, -0.2) is 0 Å². The van der Waals surface area contributed by atoms with Crippen LogP contribution in [0, 0.1) is 0 Å². The third-order valence-corrected chi connectivity index (χ3v) is 5.44. The van der Waals surface area contributed by atoms with Gasteiger partial charge in [-0.15, -0.1) is 0 Å². The zero-order valence-corrected chi connectivity index (χ0v) is 16.2. The number of Topliss-reactive ketones (excluding diaryl/α,β-unsaturated/α-hetero) is 1. The fraction of sp³-hybridized carbons (Fsp3) is 0.381. The molecule has 5 unspecified atom stereocenters. The average Bonchev–Trinajstić information content (AvgIpc) is 2.98. The Morgan fingerprint density at radius 2 is 1.81 bits per heavy atom. The molecular weight excluding hydrogens is 412 g/mol. The maximum Gasteiger partial charge on any atom is 0.263 e. The lowest BCUT2D eigenvalue weighted by molar-refractivity contribution is -0.230. The van der Waals surface area contributed by atoms with Crippen LogP contribution in [0.2, 0.25) is 0 Å². The monoisotopic (exact) mass is 434 g/mol. The molecular formula is C21H22O10. The lowest BCUT2D eigenvalue weighted by atomic mass is 9.95. The Morgan fingerprint density at radius 3 is 2.42 bits per heavy atom. The average molecular weight is 434 g/mol. The third kappa shape index (κ3) is 3.68. The number of phenolic OH excluding ortho intramolecular Hbond substituents is 2. The Kier molecular flexibility index (Phi) is 5.50. The number of carbonyl (C=O) groups is 1. The fourth-order valence-corrected chi connectivity index (χ4v) is 3.80. The van der Waals surface area contributed by atoms with Gasteiger partial charge in [-0.05, 0) is 17.7 Å². The van der Waals surface area contributed by atoms with Crippen molar-refractivity contribution >= 4 is 5.78 Å². The fourth-order valence-electron chi connectivity index (χ4n) is 3.80. The Bertz CT molecular complexity index is 975. The Morgan fingerprint density at radius 1 is 1.10 bits per heavy atom. The van der Waals surface area contributed by atoms with Gasteiger partial charge in [0.25, 0.3) is 5.79 Å². The van der Waals surface area contributed by atoms with Gasteiger partial charge >= 0.3 is 0 Å². The summed E-state index contributed by atoms with van der Waals surface area (Å²) >= 11 is 0. The van der Waals surface area contributed by atoms with Crippen LogP contribution < -0.4 is 9.47 Å². The quantitative estimate of drug-likeness (QED) is 0.377. The van der Waals surface area contributed by atoms with Gasteiger partial charge in [-0.3, -0.25) is 4.79 Å². The number of carbonyl (C=O) groups excluding carboxylic acids is 1. The minimum absolute atomic E-state index is 0.0177. The summed E-state index contributed by atoms with van der Waals surface area (Å²) in [4.78, 5) is 12.6. The summed E-state index contributed by atoms with van der Waals surface area (Å²) in [6, 6.07) is 8.54. The standard InChI is InChI=1S/C21H22O10/c22-8-17-19(27)20(28)21(9-23,31-17)30-12-5-13(25)18-14(26)7-15(29-16(18)6-12)10-1-3-11(24)4-2-10/h1-6,15,17,19-20,22-25,27-28H,7-9H2. The second-order valence-electron chi connectivity index (χ2n) is 7.49. The second kappa shape index (κ2) is 7.98. The van der Waals surface area contributed by atoms with Gasteiger partial charge in [0.1, 0.15) is 59.6 Å². The first-order chi connectivity index (χ1) is 14.8. The van der Waals surface area contributed by atoms with Crippen molar-refractivity contribution in [3.8, 4) is 23.0 Å². The number of benzene rings is 2. The molecule has 4 rings (SSSR count). The zero-order chi connectivity index (χ0) is 22.3. The molecule has 0 amide bonds. The van der Waals surface area contributed by atoms with Gasteiger partial charge in [0.05, 0.1) is 13.0 Å². The molecule has 2 aromatic rings. The van der Waals surface area contributed by atoms with Crippen LogP contribution in [-0.4, -0.2) is 73.7 Å². The van der Waals surface area contributed by atoms with E-state index in [1.165, 1.54) is 18.2 Å². The van der Waals surface area contributed by atoms with E-state index in [1.54, 1.807) is 12.1 Å². The van der Waals surface area contributed by atoms with E-state index in [0.29, 0.717) is 5.56 Å². The highest BCUT2D eigenvalue weighted by Crippen LogP contribution is 2.43. The van der Waals surface area contributed by atoms with Crippen LogP contribution in [0.1, 0.15) is 28.4 Å². The van der Waals surface area contributed by atoms with Crippen LogP contribution in [-0.2, 0) is 4.74 Å². The van der Waals surface area contributed by atoms with E-state index < -0.39 is 49.2 Å². The number of ether oxygens (including phenoxy) is 3. The number of rotatable bonds is 5. The maximum atomic E-state index is 12.6. The van der Waals surface area contributed by atoms with E-state index in [0.717, 1.165) is 6.07 Å². The lowest BCUT2D eigenvalue weighted by Gasteiger charge is -2.32. The predicted octanol–water partition coefficient (Wildman–Crippen LogP) is -0.0154. The summed E-state index contributed by atoms with van der Waals surface area (Å²) in [5, 5.41) is 59.2. The first-order valence-corrected chi connectivity index (χ1v) is 9.58. The number of hydrogen-bond acceptors (Lipinski definition) is 10. The van der Waals surface area contributed by atoms with Crippen molar-refractivity contribution < 1.29 is 49.6 Å². The zero-order valence-electron chi connectivity index (χ0n) is 16.2. The molecule has 0 bridgehead atoms. The van der Waals surface area contributed by atoms with Gasteiger partial charge in [-0.2, -0.15) is 0 Å². The number of ketones is 1. The first kappa shape index (κ1) is 21.3. The summed E-state index contributed by atoms with van der Waals surface area (Å²) in [5.74, 6) is -2.91. The highest BCUT2D eigenvalue weighted by atomic mass is 16.7. The molecule has 166 valence electrons. The van der Waals surface area contributed by atoms with E-state index >= 15 is 0 Å². The highest BCUT2D eigenvalue weighted by molar-refractivity contribution is 6.02. The topological polar surface area (TPSA) is 166 Å². The number of phenols is 2. The summed E-state index contributed by atoms with van der Waals surface area (Å²) in [5.41, 5.74) is 0.597. The number of aliphatic hydroxyl groups excluding tert-OH is 4. The normalized spacial score (nSPS) is 30.0. The van der Waals surface area contributed by atoms with E-state index in [2.05, 4.69) is 0 Å². The lowest BCUT2D eigenvalue weighted by Crippen LogP contribution is -2.51. The van der Waals surface area contributed by atoms with E-state index in [-0.39, 0.29) is 35.0 Å². The Hall–Kier alpha value is -2.89. The molecule has 2 heterocycles. The van der Waals surface area contributed by atoms with Crippen molar-refractivity contribution in [1.82, 2.24) is 0 Å². The van der Waals surface area contributed by atoms with E-state index in [9.17, 15) is 35.4 Å². The molecule has 0 radical (unpaired) electrons. The molecule has 31 heavy (non-hydrogen) atoms. The van der Waals surface area contributed by atoms with Crippen LogP contribution in [0.4, 0.5) is 0 Å². The van der Waals surface area contributed by atoms with Crippen molar-refractivity contribution in [3.63, 3.8) is 0 Å². The van der Waals surface area contributed by atoms with Gasteiger partial charge < -0.3 is 44.8 Å². The molecule has 2 aliphatic rings. The van der Waals surface area contributed by atoms with E-state index in [4.69, 9.17) is 14.2 Å². The first-order valence-electron chi connectivity index (χ1n) is 9.58. The van der Waals surface area contributed by atoms with Gasteiger partial charge in [0.15, 0.2) is 5.78 Å². The molecule has 10 heteroatoms. The van der Waals surface area contributed by atoms with Crippen LogP contribution in [0.5, 0.6) is 23.0 Å². The van der Waals surface area contributed by atoms with Crippen molar-refractivity contribution in [2.45, 2.75) is 36.6 Å². The molecule has 6 N–H and O–H groups in total. The van der Waals surface area contributed by atoms with Crippen molar-refractivity contribution in [1.29, 1.82) is 0 Å². The minimum atomic E-state index is -2.09. The molecule has 0 aromatic heterocycles. The number of aliphatic hydroxyl groups is 4. The largest absolute Gasteiger partial charge is 0.508 e. The third-order valence-electron chi connectivity index (χ3n) is 5.44. The SMILES string of the molecule is O=C1CC(c2ccc(O)cc2)Oc2cc(OC3(CO)OC(CO)C(O)C3O)cc(O)c21. The van der Waals surface area contributed by atoms with Gasteiger partial charge in [-0.1, -0.05) is 12.1 Å². The molecule has 2 aromatic carbocycles.